The average molecular weight is 145 g/mol. The van der Waals surface area contributed by atoms with E-state index in [0.29, 0.717) is 0 Å². The van der Waals surface area contributed by atoms with E-state index in [4.69, 9.17) is 14.9 Å². The summed E-state index contributed by atoms with van der Waals surface area (Å²) < 4.78 is 9.84. The molecular weight excluding hydrogens is 130 g/mol. The molecule has 0 aliphatic carbocycles. The molecule has 0 saturated heterocycles. The van der Waals surface area contributed by atoms with Crippen LogP contribution in [0, 0.1) is 5.41 Å². The normalized spacial score (nSPS) is 10.2. The lowest BCUT2D eigenvalue weighted by atomic mass is 10.5. The zero-order chi connectivity index (χ0) is 8.15. The molecule has 0 atom stereocenters. The molecular formula is C7H15NO2. The van der Waals surface area contributed by atoms with Crippen molar-refractivity contribution in [1.29, 1.82) is 5.41 Å². The highest BCUT2D eigenvalue weighted by Crippen LogP contribution is 1.94. The first-order valence-electron chi connectivity index (χ1n) is 3.44. The Bertz CT molecular complexity index is 98.2. The van der Waals surface area contributed by atoms with Crippen molar-refractivity contribution in [2.75, 3.05) is 0 Å². The van der Waals surface area contributed by atoms with Crippen LogP contribution in [0.5, 0.6) is 0 Å². The van der Waals surface area contributed by atoms with Gasteiger partial charge in [0.25, 0.3) is 0 Å². The summed E-state index contributed by atoms with van der Waals surface area (Å²) in [6, 6.07) is 0. The quantitative estimate of drug-likeness (QED) is 0.475. The molecule has 0 aromatic carbocycles. The molecule has 0 bridgehead atoms. The Morgan fingerprint density at radius 3 is 1.50 bits per heavy atom. The Kier molecular flexibility index (Phi) is 3.84. The molecule has 0 saturated carbocycles. The van der Waals surface area contributed by atoms with Gasteiger partial charge in [0.1, 0.15) is 0 Å². The maximum Gasteiger partial charge on any atom is 0.381 e. The largest absolute Gasteiger partial charge is 0.448 e. The van der Waals surface area contributed by atoms with E-state index in [1.165, 1.54) is 0 Å². The third kappa shape index (κ3) is 5.41. The van der Waals surface area contributed by atoms with Gasteiger partial charge in [0.15, 0.2) is 0 Å². The SMILES string of the molecule is CC(C)OC(=N)OC(C)C. The highest BCUT2D eigenvalue weighted by atomic mass is 16.7. The van der Waals surface area contributed by atoms with Crippen LogP contribution in [-0.2, 0) is 9.47 Å². The van der Waals surface area contributed by atoms with E-state index in [1.54, 1.807) is 0 Å². The lowest BCUT2D eigenvalue weighted by molar-refractivity contribution is 0.0980. The second-order valence-electron chi connectivity index (χ2n) is 2.62. The molecule has 0 spiro atoms. The van der Waals surface area contributed by atoms with Crippen LogP contribution in [0.25, 0.3) is 0 Å². The predicted octanol–water partition coefficient (Wildman–Crippen LogP) is 1.77. The fourth-order valence-corrected chi connectivity index (χ4v) is 0.456. The summed E-state index contributed by atoms with van der Waals surface area (Å²) in [6.45, 7) is 7.44. The summed E-state index contributed by atoms with van der Waals surface area (Å²) in [4.78, 5) is 0. The van der Waals surface area contributed by atoms with Gasteiger partial charge in [-0.2, -0.15) is 0 Å². The fraction of sp³-hybridized carbons (Fsp3) is 0.857. The number of nitrogens with one attached hydrogen (secondary N) is 1. The van der Waals surface area contributed by atoms with E-state index < -0.39 is 0 Å². The topological polar surface area (TPSA) is 42.3 Å². The van der Waals surface area contributed by atoms with Crippen molar-refractivity contribution >= 4 is 6.08 Å². The van der Waals surface area contributed by atoms with Gasteiger partial charge in [-0.05, 0) is 27.7 Å². The van der Waals surface area contributed by atoms with E-state index >= 15 is 0 Å². The van der Waals surface area contributed by atoms with Crippen LogP contribution in [0.3, 0.4) is 0 Å². The second-order valence-corrected chi connectivity index (χ2v) is 2.62. The molecule has 3 nitrogen and oxygen atoms in total. The Morgan fingerprint density at radius 2 is 1.30 bits per heavy atom. The van der Waals surface area contributed by atoms with Gasteiger partial charge in [0.2, 0.25) is 0 Å². The molecule has 0 aromatic heterocycles. The summed E-state index contributed by atoms with van der Waals surface area (Å²) in [5.41, 5.74) is 0. The summed E-state index contributed by atoms with van der Waals surface area (Å²) >= 11 is 0. The Hall–Kier alpha value is -0.730. The minimum absolute atomic E-state index is 0.0197. The molecule has 0 fully saturated rings. The number of ether oxygens (including phenoxy) is 2. The third-order valence-electron chi connectivity index (χ3n) is 0.685. The van der Waals surface area contributed by atoms with Crippen LogP contribution in [0.4, 0.5) is 0 Å². The van der Waals surface area contributed by atoms with Crippen LogP contribution >= 0.6 is 0 Å². The van der Waals surface area contributed by atoms with E-state index in [9.17, 15) is 0 Å². The van der Waals surface area contributed by atoms with E-state index in [0.717, 1.165) is 0 Å². The van der Waals surface area contributed by atoms with Crippen LogP contribution in [-0.4, -0.2) is 18.3 Å². The van der Waals surface area contributed by atoms with Crippen molar-refractivity contribution in [1.82, 2.24) is 0 Å². The molecule has 0 unspecified atom stereocenters. The first-order valence-corrected chi connectivity index (χ1v) is 3.44. The summed E-state index contributed by atoms with van der Waals surface area (Å²) in [6.07, 6.45) is -0.0532. The van der Waals surface area contributed by atoms with Gasteiger partial charge in [0.05, 0.1) is 12.2 Å². The third-order valence-corrected chi connectivity index (χ3v) is 0.685. The van der Waals surface area contributed by atoms with Gasteiger partial charge in [0, 0.05) is 0 Å². The molecule has 0 aliphatic heterocycles. The Balaban J connectivity index is 3.44. The van der Waals surface area contributed by atoms with Crippen molar-refractivity contribution in [3.63, 3.8) is 0 Å². The minimum atomic E-state index is -0.0926. The molecule has 0 radical (unpaired) electrons. The zero-order valence-corrected chi connectivity index (χ0v) is 6.97. The molecule has 3 heteroatoms. The standard InChI is InChI=1S/C7H15NO2/c1-5(2)9-7(8)10-6(3)4/h5-6,8H,1-4H3. The van der Waals surface area contributed by atoms with E-state index in [-0.39, 0.29) is 18.3 Å². The summed E-state index contributed by atoms with van der Waals surface area (Å²) in [7, 11) is 0. The average Bonchev–Trinajstić information content (AvgIpc) is 1.58. The van der Waals surface area contributed by atoms with Gasteiger partial charge in [-0.15, -0.1) is 0 Å². The van der Waals surface area contributed by atoms with Crippen molar-refractivity contribution < 1.29 is 9.47 Å². The number of rotatable bonds is 2. The fourth-order valence-electron chi connectivity index (χ4n) is 0.456. The van der Waals surface area contributed by atoms with Crippen LogP contribution in [0.15, 0.2) is 0 Å². The van der Waals surface area contributed by atoms with Gasteiger partial charge >= 0.3 is 6.08 Å². The maximum atomic E-state index is 7.10. The molecule has 10 heavy (non-hydrogen) atoms. The number of hydrogen-bond donors (Lipinski definition) is 1. The molecule has 1 N–H and O–H groups in total. The van der Waals surface area contributed by atoms with Crippen molar-refractivity contribution in [2.24, 2.45) is 0 Å². The molecule has 0 amide bonds. The monoisotopic (exact) mass is 145 g/mol. The van der Waals surface area contributed by atoms with Crippen molar-refractivity contribution in [3.8, 4) is 0 Å². The van der Waals surface area contributed by atoms with Gasteiger partial charge in [-0.1, -0.05) is 0 Å². The van der Waals surface area contributed by atoms with Gasteiger partial charge in [-0.25, -0.2) is 5.41 Å². The lowest BCUT2D eigenvalue weighted by Gasteiger charge is -2.12. The van der Waals surface area contributed by atoms with Crippen LogP contribution < -0.4 is 0 Å². The predicted molar refractivity (Wildman–Crippen MR) is 40.2 cm³/mol. The lowest BCUT2D eigenvalue weighted by Crippen LogP contribution is -2.17. The van der Waals surface area contributed by atoms with Crippen molar-refractivity contribution in [2.45, 2.75) is 39.9 Å². The summed E-state index contributed by atoms with van der Waals surface area (Å²) in [5.74, 6) is 0. The number of hydrogen-bond acceptors (Lipinski definition) is 3. The minimum Gasteiger partial charge on any atom is -0.448 e. The first kappa shape index (κ1) is 9.27. The molecule has 0 aromatic rings. The molecule has 0 aliphatic rings. The second kappa shape index (κ2) is 4.14. The van der Waals surface area contributed by atoms with Crippen LogP contribution in [0.1, 0.15) is 27.7 Å². The molecule has 0 rings (SSSR count). The maximum absolute atomic E-state index is 7.10. The first-order chi connectivity index (χ1) is 4.52. The molecule has 60 valence electrons. The Morgan fingerprint density at radius 1 is 1.00 bits per heavy atom. The van der Waals surface area contributed by atoms with Crippen molar-refractivity contribution in [3.05, 3.63) is 0 Å². The summed E-state index contributed by atoms with van der Waals surface area (Å²) in [5, 5.41) is 7.10. The highest BCUT2D eigenvalue weighted by Gasteiger charge is 2.03. The van der Waals surface area contributed by atoms with E-state index in [1.807, 2.05) is 27.7 Å². The van der Waals surface area contributed by atoms with E-state index in [2.05, 4.69) is 0 Å². The molecule has 0 heterocycles. The van der Waals surface area contributed by atoms with Gasteiger partial charge < -0.3 is 9.47 Å². The zero-order valence-electron chi connectivity index (χ0n) is 6.97. The highest BCUT2D eigenvalue weighted by molar-refractivity contribution is 5.63. The smallest absolute Gasteiger partial charge is 0.381 e. The van der Waals surface area contributed by atoms with Crippen LogP contribution in [0.2, 0.25) is 0 Å². The van der Waals surface area contributed by atoms with Gasteiger partial charge in [-0.3, -0.25) is 0 Å². The Labute approximate surface area is 61.8 Å².